The van der Waals surface area contributed by atoms with E-state index in [1.165, 1.54) is 12.0 Å². The normalized spacial score (nSPS) is 20.6. The Morgan fingerprint density at radius 3 is 2.45 bits per heavy atom. The number of methoxy groups -OCH3 is 1. The second-order valence-electron chi connectivity index (χ2n) is 5.97. The van der Waals surface area contributed by atoms with Gasteiger partial charge in [-0.15, -0.1) is 0 Å². The Bertz CT molecular complexity index is 474. The lowest BCUT2D eigenvalue weighted by Gasteiger charge is -2.37. The van der Waals surface area contributed by atoms with Gasteiger partial charge in [-0.05, 0) is 43.2 Å². The first-order valence-electron chi connectivity index (χ1n) is 7.71. The van der Waals surface area contributed by atoms with E-state index >= 15 is 0 Å². The predicted octanol–water partition coefficient (Wildman–Crippen LogP) is 3.20. The van der Waals surface area contributed by atoms with E-state index in [1.54, 1.807) is 7.11 Å². The van der Waals surface area contributed by atoms with Gasteiger partial charge in [0.05, 0.1) is 7.11 Å². The van der Waals surface area contributed by atoms with Gasteiger partial charge in [0.1, 0.15) is 5.75 Å². The summed E-state index contributed by atoms with van der Waals surface area (Å²) in [5.41, 5.74) is 1.30. The van der Waals surface area contributed by atoms with Gasteiger partial charge in [0, 0.05) is 19.0 Å². The van der Waals surface area contributed by atoms with Crippen LogP contribution in [-0.2, 0) is 4.79 Å². The lowest BCUT2D eigenvalue weighted by molar-refractivity contribution is -0.139. The van der Waals surface area contributed by atoms with E-state index in [9.17, 15) is 4.79 Å². The summed E-state index contributed by atoms with van der Waals surface area (Å²) in [5.74, 6) is 2.24. The van der Waals surface area contributed by atoms with Crippen molar-refractivity contribution in [1.82, 2.24) is 4.90 Å². The number of para-hydroxylation sites is 1. The van der Waals surface area contributed by atoms with Crippen molar-refractivity contribution < 1.29 is 9.53 Å². The number of hydrogen-bond donors (Lipinski definition) is 0. The summed E-state index contributed by atoms with van der Waals surface area (Å²) >= 11 is 0. The van der Waals surface area contributed by atoms with Gasteiger partial charge < -0.3 is 9.64 Å². The van der Waals surface area contributed by atoms with Crippen LogP contribution in [-0.4, -0.2) is 31.0 Å². The van der Waals surface area contributed by atoms with Crippen molar-refractivity contribution in [1.29, 1.82) is 0 Å². The van der Waals surface area contributed by atoms with Crippen LogP contribution in [0.4, 0.5) is 0 Å². The maximum atomic E-state index is 12.2. The molecule has 1 saturated heterocycles. The molecule has 0 bridgehead atoms. The van der Waals surface area contributed by atoms with Crippen LogP contribution in [0.15, 0.2) is 24.3 Å². The SMILES string of the molecule is COc1ccccc1C1CCN(C(=O)C2CCC2)CC1. The highest BCUT2D eigenvalue weighted by atomic mass is 16.5. The third-order valence-corrected chi connectivity index (χ3v) is 4.84. The molecule has 1 aromatic rings. The molecule has 0 unspecified atom stereocenters. The number of amides is 1. The smallest absolute Gasteiger partial charge is 0.225 e. The van der Waals surface area contributed by atoms with Crippen molar-refractivity contribution in [2.75, 3.05) is 20.2 Å². The van der Waals surface area contributed by atoms with E-state index in [-0.39, 0.29) is 0 Å². The number of benzene rings is 1. The topological polar surface area (TPSA) is 29.5 Å². The maximum Gasteiger partial charge on any atom is 0.225 e. The highest BCUT2D eigenvalue weighted by molar-refractivity contribution is 5.79. The molecule has 0 radical (unpaired) electrons. The first-order chi connectivity index (χ1) is 9.79. The van der Waals surface area contributed by atoms with Gasteiger partial charge in [-0.1, -0.05) is 24.6 Å². The molecule has 1 aromatic carbocycles. The molecule has 1 heterocycles. The zero-order valence-corrected chi connectivity index (χ0v) is 12.2. The molecule has 3 nitrogen and oxygen atoms in total. The predicted molar refractivity (Wildman–Crippen MR) is 78.9 cm³/mol. The van der Waals surface area contributed by atoms with Crippen LogP contribution in [0.3, 0.4) is 0 Å². The van der Waals surface area contributed by atoms with Crippen molar-refractivity contribution >= 4 is 5.91 Å². The van der Waals surface area contributed by atoms with Gasteiger partial charge in [-0.2, -0.15) is 0 Å². The molecule has 1 aliphatic heterocycles. The van der Waals surface area contributed by atoms with Gasteiger partial charge in [-0.3, -0.25) is 4.79 Å². The number of ether oxygens (including phenoxy) is 1. The minimum atomic E-state index is 0.331. The summed E-state index contributed by atoms with van der Waals surface area (Å²) < 4.78 is 5.46. The Hall–Kier alpha value is -1.51. The first-order valence-corrected chi connectivity index (χ1v) is 7.71. The summed E-state index contributed by atoms with van der Waals surface area (Å²) in [4.78, 5) is 14.3. The maximum absolute atomic E-state index is 12.2. The molecule has 0 spiro atoms. The van der Waals surface area contributed by atoms with Crippen LogP contribution in [0.25, 0.3) is 0 Å². The number of nitrogens with zero attached hydrogens (tertiary/aromatic N) is 1. The van der Waals surface area contributed by atoms with E-state index < -0.39 is 0 Å². The average Bonchev–Trinajstić information content (AvgIpc) is 2.45. The van der Waals surface area contributed by atoms with Crippen molar-refractivity contribution in [3.8, 4) is 5.75 Å². The Morgan fingerprint density at radius 1 is 1.15 bits per heavy atom. The molecule has 0 N–H and O–H groups in total. The quantitative estimate of drug-likeness (QED) is 0.846. The molecular weight excluding hydrogens is 250 g/mol. The monoisotopic (exact) mass is 273 g/mol. The number of hydrogen-bond acceptors (Lipinski definition) is 2. The van der Waals surface area contributed by atoms with E-state index in [0.29, 0.717) is 17.7 Å². The Balaban J connectivity index is 1.62. The third kappa shape index (κ3) is 2.54. The van der Waals surface area contributed by atoms with Crippen molar-refractivity contribution in [3.05, 3.63) is 29.8 Å². The van der Waals surface area contributed by atoms with Crippen LogP contribution < -0.4 is 4.74 Å². The second kappa shape index (κ2) is 5.86. The van der Waals surface area contributed by atoms with Crippen LogP contribution in [0.5, 0.6) is 5.75 Å². The highest BCUT2D eigenvalue weighted by Crippen LogP contribution is 2.35. The van der Waals surface area contributed by atoms with Crippen LogP contribution in [0, 0.1) is 5.92 Å². The van der Waals surface area contributed by atoms with Gasteiger partial charge in [0.25, 0.3) is 0 Å². The molecule has 0 aromatic heterocycles. The van der Waals surface area contributed by atoms with Gasteiger partial charge in [-0.25, -0.2) is 0 Å². The van der Waals surface area contributed by atoms with Crippen molar-refractivity contribution in [3.63, 3.8) is 0 Å². The molecule has 2 aliphatic rings. The standard InChI is InChI=1S/C17H23NO2/c1-20-16-8-3-2-7-15(16)13-9-11-18(12-10-13)17(19)14-5-4-6-14/h2-3,7-8,13-14H,4-6,9-12H2,1H3. The summed E-state index contributed by atoms with van der Waals surface area (Å²) in [6, 6.07) is 8.27. The van der Waals surface area contributed by atoms with E-state index in [1.807, 2.05) is 12.1 Å². The van der Waals surface area contributed by atoms with Crippen LogP contribution >= 0.6 is 0 Å². The van der Waals surface area contributed by atoms with Gasteiger partial charge in [0.2, 0.25) is 5.91 Å². The molecule has 1 aliphatic carbocycles. The van der Waals surface area contributed by atoms with E-state index in [2.05, 4.69) is 17.0 Å². The molecular formula is C17H23NO2. The number of carbonyl (C=O) groups excluding carboxylic acids is 1. The molecule has 1 amide bonds. The van der Waals surface area contributed by atoms with Crippen molar-refractivity contribution in [2.45, 2.75) is 38.0 Å². The lowest BCUT2D eigenvalue weighted by atomic mass is 9.83. The van der Waals surface area contributed by atoms with E-state index in [4.69, 9.17) is 4.74 Å². The zero-order chi connectivity index (χ0) is 13.9. The molecule has 3 heteroatoms. The van der Waals surface area contributed by atoms with Crippen LogP contribution in [0.2, 0.25) is 0 Å². The number of rotatable bonds is 3. The summed E-state index contributed by atoms with van der Waals surface area (Å²) in [7, 11) is 1.73. The Morgan fingerprint density at radius 2 is 1.85 bits per heavy atom. The fourth-order valence-corrected chi connectivity index (χ4v) is 3.33. The minimum absolute atomic E-state index is 0.331. The minimum Gasteiger partial charge on any atom is -0.496 e. The average molecular weight is 273 g/mol. The van der Waals surface area contributed by atoms with E-state index in [0.717, 1.165) is 44.5 Å². The Kier molecular flexibility index (Phi) is 3.95. The summed E-state index contributed by atoms with van der Waals surface area (Å²) in [5, 5.41) is 0. The molecule has 108 valence electrons. The highest BCUT2D eigenvalue weighted by Gasteiger charge is 2.32. The number of piperidine rings is 1. The Labute approximate surface area is 120 Å². The van der Waals surface area contributed by atoms with Crippen molar-refractivity contribution in [2.24, 2.45) is 5.92 Å². The molecule has 1 saturated carbocycles. The largest absolute Gasteiger partial charge is 0.496 e. The third-order valence-electron chi connectivity index (χ3n) is 4.84. The lowest BCUT2D eigenvalue weighted by Crippen LogP contribution is -2.43. The summed E-state index contributed by atoms with van der Waals surface area (Å²) in [6.45, 7) is 1.80. The second-order valence-corrected chi connectivity index (χ2v) is 5.97. The number of likely N-dealkylation sites (tertiary alicyclic amines) is 1. The molecule has 2 fully saturated rings. The van der Waals surface area contributed by atoms with Crippen LogP contribution in [0.1, 0.15) is 43.6 Å². The molecule has 3 rings (SSSR count). The van der Waals surface area contributed by atoms with Gasteiger partial charge >= 0.3 is 0 Å². The first kappa shape index (κ1) is 13.5. The molecule has 20 heavy (non-hydrogen) atoms. The fourth-order valence-electron chi connectivity index (χ4n) is 3.33. The zero-order valence-electron chi connectivity index (χ0n) is 12.2. The molecule has 0 atom stereocenters. The fraction of sp³-hybridized carbons (Fsp3) is 0.588. The number of carbonyl (C=O) groups is 1. The van der Waals surface area contributed by atoms with Gasteiger partial charge in [0.15, 0.2) is 0 Å². The summed E-state index contributed by atoms with van der Waals surface area (Å²) in [6.07, 6.45) is 5.54.